The van der Waals surface area contributed by atoms with Gasteiger partial charge in [0.2, 0.25) is 19.1 Å². The lowest BCUT2D eigenvalue weighted by Crippen LogP contribution is -2.45. The fourth-order valence-electron chi connectivity index (χ4n) is 5.42. The van der Waals surface area contributed by atoms with Gasteiger partial charge in [0, 0.05) is 51.6 Å². The minimum absolute atomic E-state index is 0.0667. The molecule has 1 fully saturated rings. The van der Waals surface area contributed by atoms with Crippen LogP contribution in [0.2, 0.25) is 0 Å². The third-order valence-electron chi connectivity index (χ3n) is 7.82. The first-order valence-corrected chi connectivity index (χ1v) is 14.6. The van der Waals surface area contributed by atoms with Crippen LogP contribution in [0.4, 0.5) is 0 Å². The second kappa shape index (κ2) is 16.0. The molecule has 0 spiro atoms. The van der Waals surface area contributed by atoms with E-state index in [1.807, 2.05) is 60.5 Å². The number of benzene rings is 2. The molecule has 1 N–H and O–H groups in total. The molecule has 0 radical (unpaired) electrons. The highest BCUT2D eigenvalue weighted by Gasteiger charge is 2.46. The summed E-state index contributed by atoms with van der Waals surface area (Å²) < 4.78 is 10.8. The molecule has 2 aromatic rings. The molecule has 3 atom stereocenters. The zero-order valence-corrected chi connectivity index (χ0v) is 24.8. The van der Waals surface area contributed by atoms with Crippen molar-refractivity contribution in [3.8, 4) is 11.5 Å². The number of carbonyl (C=O) groups excluding carboxylic acids is 2. The number of aliphatic carboxylic acids is 1. The normalized spacial score (nSPS) is 19.3. The minimum atomic E-state index is -0.852. The number of carboxylic acid groups (broad SMARTS) is 1. The second-order valence-electron chi connectivity index (χ2n) is 10.8. The molecule has 0 saturated carbocycles. The summed E-state index contributed by atoms with van der Waals surface area (Å²) in [4.78, 5) is 40.7. The number of rotatable bonds is 13. The molecule has 2 aromatic carbocycles. The van der Waals surface area contributed by atoms with E-state index in [4.69, 9.17) is 9.47 Å². The Bertz CT molecular complexity index is 1120. The first-order chi connectivity index (χ1) is 19.8. The van der Waals surface area contributed by atoms with Gasteiger partial charge in [-0.25, -0.2) is 0 Å². The number of likely N-dealkylation sites (N-methyl/N-ethyl adjacent to an activating group) is 1. The summed E-state index contributed by atoms with van der Waals surface area (Å²) in [5.41, 5.74) is 1.94. The average molecular weight is 568 g/mol. The lowest BCUT2D eigenvalue weighted by Gasteiger charge is -2.30. The maximum Gasteiger partial charge on any atom is 0.308 e. The summed E-state index contributed by atoms with van der Waals surface area (Å²) in [6, 6.07) is 15.1. The predicted molar refractivity (Wildman–Crippen MR) is 158 cm³/mol. The van der Waals surface area contributed by atoms with E-state index >= 15 is 0 Å². The maximum absolute atomic E-state index is 12.3. The smallest absolute Gasteiger partial charge is 0.308 e. The number of hydrogen-bond donors (Lipinski definition) is 1. The number of hydrogen-bond acceptors (Lipinski definition) is 6. The summed E-state index contributed by atoms with van der Waals surface area (Å²) in [5, 5.41) is 10.1. The molecule has 9 nitrogen and oxygen atoms in total. The minimum Gasteiger partial charge on any atom is -0.481 e. The fourth-order valence-corrected chi connectivity index (χ4v) is 5.42. The molecule has 2 heterocycles. The van der Waals surface area contributed by atoms with Gasteiger partial charge in [0.15, 0.2) is 11.5 Å². The van der Waals surface area contributed by atoms with Crippen LogP contribution in [0.25, 0.3) is 0 Å². The number of fused-ring (bicyclic) bond motifs is 1. The van der Waals surface area contributed by atoms with Crippen molar-refractivity contribution in [1.82, 2.24) is 14.7 Å². The highest BCUT2D eigenvalue weighted by molar-refractivity contribution is 5.75. The van der Waals surface area contributed by atoms with Crippen LogP contribution in [0, 0.1) is 5.92 Å². The Morgan fingerprint density at radius 1 is 1.02 bits per heavy atom. The molecular weight excluding hydrogens is 522 g/mol. The molecule has 4 rings (SSSR count). The van der Waals surface area contributed by atoms with Crippen LogP contribution in [0.1, 0.15) is 63.5 Å². The van der Waals surface area contributed by atoms with Crippen LogP contribution in [-0.2, 0) is 20.9 Å². The predicted octanol–water partition coefficient (Wildman–Crippen LogP) is 4.61. The van der Waals surface area contributed by atoms with Crippen LogP contribution in [0.5, 0.6) is 11.5 Å². The van der Waals surface area contributed by atoms with Crippen molar-refractivity contribution in [3.05, 3.63) is 59.7 Å². The summed E-state index contributed by atoms with van der Waals surface area (Å²) in [5.74, 6) is -0.417. The summed E-state index contributed by atoms with van der Waals surface area (Å²) in [6.07, 6.45) is 5.54. The van der Waals surface area contributed by atoms with Gasteiger partial charge in [-0.05, 0) is 43.1 Å². The van der Waals surface area contributed by atoms with Crippen molar-refractivity contribution in [2.45, 2.75) is 65.0 Å². The highest BCUT2D eigenvalue weighted by atomic mass is 16.7. The summed E-state index contributed by atoms with van der Waals surface area (Å²) >= 11 is 0. The van der Waals surface area contributed by atoms with Crippen LogP contribution in [0.15, 0.2) is 48.5 Å². The van der Waals surface area contributed by atoms with Crippen molar-refractivity contribution in [1.29, 1.82) is 0 Å². The number of likely N-dealkylation sites (tertiary alicyclic amines) is 1. The Kier molecular flexibility index (Phi) is 12.5. The molecule has 2 amide bonds. The number of ether oxygens (including phenoxy) is 2. The van der Waals surface area contributed by atoms with Crippen molar-refractivity contribution in [2.24, 2.45) is 5.92 Å². The van der Waals surface area contributed by atoms with Gasteiger partial charge in [0.25, 0.3) is 0 Å². The molecule has 9 heteroatoms. The zero-order valence-electron chi connectivity index (χ0n) is 24.8. The van der Waals surface area contributed by atoms with Gasteiger partial charge < -0.3 is 29.3 Å². The van der Waals surface area contributed by atoms with Crippen LogP contribution >= 0.6 is 0 Å². The second-order valence-corrected chi connectivity index (χ2v) is 10.8. The fraction of sp³-hybridized carbons (Fsp3) is 0.531. The first-order valence-electron chi connectivity index (χ1n) is 14.6. The van der Waals surface area contributed by atoms with Crippen LogP contribution < -0.4 is 9.47 Å². The van der Waals surface area contributed by atoms with Gasteiger partial charge in [-0.2, -0.15) is 0 Å². The SMILES string of the molecule is CC(=O)N(Cc1ccccc1)CC1C(C(=O)O)C(c2ccc3c(c2)OCO3)CN1C.CCCCN(C=O)CCCC. The zero-order chi connectivity index (χ0) is 29.8. The molecule has 3 unspecified atom stereocenters. The third-order valence-corrected chi connectivity index (χ3v) is 7.82. The maximum atomic E-state index is 12.3. The molecule has 41 heavy (non-hydrogen) atoms. The molecule has 2 aliphatic heterocycles. The quantitative estimate of drug-likeness (QED) is 0.353. The molecule has 224 valence electrons. The van der Waals surface area contributed by atoms with Crippen molar-refractivity contribution in [3.63, 3.8) is 0 Å². The molecule has 0 aliphatic carbocycles. The molecule has 1 saturated heterocycles. The lowest BCUT2D eigenvalue weighted by atomic mass is 9.85. The molecule has 0 bridgehead atoms. The van der Waals surface area contributed by atoms with Gasteiger partial charge >= 0.3 is 5.97 Å². The van der Waals surface area contributed by atoms with E-state index in [1.54, 1.807) is 4.90 Å². The van der Waals surface area contributed by atoms with Gasteiger partial charge in [-0.1, -0.05) is 63.1 Å². The molecular formula is C32H45N3O6. The van der Waals surface area contributed by atoms with E-state index in [-0.39, 0.29) is 24.7 Å². The number of nitrogens with zero attached hydrogens (tertiary/aromatic N) is 3. The summed E-state index contributed by atoms with van der Waals surface area (Å²) in [7, 11) is 1.93. The largest absolute Gasteiger partial charge is 0.481 e. The van der Waals surface area contributed by atoms with Crippen molar-refractivity contribution >= 4 is 18.3 Å². The Morgan fingerprint density at radius 2 is 1.68 bits per heavy atom. The first kappa shape index (κ1) is 31.9. The van der Waals surface area contributed by atoms with Gasteiger partial charge in [0.1, 0.15) is 0 Å². The Labute approximate surface area is 244 Å². The monoisotopic (exact) mass is 567 g/mol. The van der Waals surface area contributed by atoms with E-state index in [0.29, 0.717) is 31.1 Å². The number of amides is 2. The van der Waals surface area contributed by atoms with E-state index in [9.17, 15) is 19.5 Å². The Balaban J connectivity index is 0.000000358. The number of unbranched alkanes of at least 4 members (excludes halogenated alkanes) is 2. The van der Waals surface area contributed by atoms with Crippen LogP contribution in [-0.4, -0.2) is 84.2 Å². The number of carbonyl (C=O) groups is 3. The van der Waals surface area contributed by atoms with Gasteiger partial charge in [-0.15, -0.1) is 0 Å². The van der Waals surface area contributed by atoms with Gasteiger partial charge in [-0.3, -0.25) is 14.4 Å². The molecule has 0 aromatic heterocycles. The standard InChI is InChI=1S/C23H26N2O5.C9H19NO/c1-15(26)25(11-16-6-4-3-5-7-16)13-19-22(23(27)28)18(12-24(19)2)17-8-9-20-21(10-17)30-14-29-20;1-3-5-7-10(9-11)8-6-4-2/h3-10,18-19,22H,11-14H2,1-2H3,(H,27,28);9H,3-8H2,1-2H3. The lowest BCUT2D eigenvalue weighted by molar-refractivity contribution is -0.144. The van der Waals surface area contributed by atoms with Crippen molar-refractivity contribution in [2.75, 3.05) is 40.0 Å². The highest BCUT2D eigenvalue weighted by Crippen LogP contribution is 2.41. The molecule has 2 aliphatic rings. The third kappa shape index (κ3) is 8.95. The average Bonchev–Trinajstić information content (AvgIpc) is 3.57. The Hall–Kier alpha value is -3.59. The topological polar surface area (TPSA) is 99.6 Å². The van der Waals surface area contributed by atoms with Crippen molar-refractivity contribution < 1.29 is 29.0 Å². The summed E-state index contributed by atoms with van der Waals surface area (Å²) in [6.45, 7) is 9.27. The van der Waals surface area contributed by atoms with Crippen LogP contribution in [0.3, 0.4) is 0 Å². The Morgan fingerprint density at radius 3 is 2.27 bits per heavy atom. The number of carboxylic acids is 1. The van der Waals surface area contributed by atoms with E-state index in [0.717, 1.165) is 56.3 Å². The van der Waals surface area contributed by atoms with E-state index in [2.05, 4.69) is 18.7 Å². The van der Waals surface area contributed by atoms with E-state index in [1.165, 1.54) is 6.92 Å². The van der Waals surface area contributed by atoms with Gasteiger partial charge in [0.05, 0.1) is 5.92 Å². The van der Waals surface area contributed by atoms with E-state index < -0.39 is 11.9 Å².